The molecule has 1 unspecified atom stereocenters. The first-order valence-electron chi connectivity index (χ1n) is 6.43. The molecule has 0 aromatic heterocycles. The fraction of sp³-hybridized carbons (Fsp3) is 0.429. The molecule has 1 fully saturated rings. The lowest BCUT2D eigenvalue weighted by Crippen LogP contribution is -2.29. The summed E-state index contributed by atoms with van der Waals surface area (Å²) in [5.74, 6) is -1.33. The summed E-state index contributed by atoms with van der Waals surface area (Å²) in [6.45, 7) is 1.11. The molecule has 0 radical (unpaired) electrons. The van der Waals surface area contributed by atoms with E-state index in [-0.39, 0.29) is 28.8 Å². The van der Waals surface area contributed by atoms with E-state index in [1.165, 1.54) is 12.1 Å². The number of amides is 1. The van der Waals surface area contributed by atoms with Crippen LogP contribution in [0, 0.1) is 11.7 Å². The maximum Gasteiger partial charge on any atom is 0.303 e. The lowest BCUT2D eigenvalue weighted by Gasteiger charge is -2.17. The molecular weight excluding hydrogens is 285 g/mol. The molecule has 1 aromatic rings. The number of carboxylic acid groups (broad SMARTS) is 1. The van der Waals surface area contributed by atoms with E-state index >= 15 is 0 Å². The predicted molar refractivity (Wildman–Crippen MR) is 72.3 cm³/mol. The highest BCUT2D eigenvalue weighted by molar-refractivity contribution is 6.33. The molecule has 1 heterocycles. The molecule has 1 N–H and O–H groups in total. The fourth-order valence-corrected chi connectivity index (χ4v) is 2.66. The number of likely N-dealkylation sites (tertiary alicyclic amines) is 1. The second kappa shape index (κ2) is 6.22. The molecule has 6 heteroatoms. The van der Waals surface area contributed by atoms with Gasteiger partial charge in [0, 0.05) is 19.5 Å². The number of halogens is 2. The van der Waals surface area contributed by atoms with Crippen LogP contribution in [0.5, 0.6) is 0 Å². The summed E-state index contributed by atoms with van der Waals surface area (Å²) in [4.78, 5) is 24.4. The van der Waals surface area contributed by atoms with E-state index in [1.807, 2.05) is 0 Å². The van der Waals surface area contributed by atoms with Crippen LogP contribution in [-0.2, 0) is 4.79 Å². The van der Waals surface area contributed by atoms with Crippen molar-refractivity contribution in [2.24, 2.45) is 5.92 Å². The first-order valence-corrected chi connectivity index (χ1v) is 6.81. The number of nitrogens with zero attached hydrogens (tertiary/aromatic N) is 1. The van der Waals surface area contributed by atoms with Crippen LogP contribution >= 0.6 is 11.6 Å². The Kier molecular flexibility index (Phi) is 4.60. The van der Waals surface area contributed by atoms with Crippen molar-refractivity contribution in [1.29, 1.82) is 0 Å². The monoisotopic (exact) mass is 299 g/mol. The number of benzene rings is 1. The van der Waals surface area contributed by atoms with Crippen LogP contribution in [-0.4, -0.2) is 35.0 Å². The molecule has 0 saturated carbocycles. The lowest BCUT2D eigenvalue weighted by atomic mass is 10.0. The van der Waals surface area contributed by atoms with Crippen molar-refractivity contribution < 1.29 is 19.1 Å². The minimum absolute atomic E-state index is 0.101. The highest BCUT2D eigenvalue weighted by atomic mass is 35.5. The van der Waals surface area contributed by atoms with E-state index < -0.39 is 11.8 Å². The molecular formula is C14H15ClFNO3. The zero-order valence-electron chi connectivity index (χ0n) is 10.8. The number of hydrogen-bond acceptors (Lipinski definition) is 2. The van der Waals surface area contributed by atoms with E-state index in [2.05, 4.69) is 0 Å². The highest BCUT2D eigenvalue weighted by Crippen LogP contribution is 2.25. The van der Waals surface area contributed by atoms with Crippen LogP contribution in [0.2, 0.25) is 5.02 Å². The van der Waals surface area contributed by atoms with Gasteiger partial charge in [-0.3, -0.25) is 9.59 Å². The van der Waals surface area contributed by atoms with E-state index in [1.54, 1.807) is 4.90 Å². The largest absolute Gasteiger partial charge is 0.481 e. The third-order valence-corrected chi connectivity index (χ3v) is 3.81. The third kappa shape index (κ3) is 3.48. The number of carbonyl (C=O) groups excluding carboxylic acids is 1. The van der Waals surface area contributed by atoms with E-state index in [0.717, 1.165) is 12.5 Å². The Labute approximate surface area is 121 Å². The smallest absolute Gasteiger partial charge is 0.303 e. The summed E-state index contributed by atoms with van der Waals surface area (Å²) >= 11 is 5.88. The first kappa shape index (κ1) is 14.8. The Balaban J connectivity index is 1.99. The molecule has 1 atom stereocenters. The van der Waals surface area contributed by atoms with E-state index in [0.29, 0.717) is 19.5 Å². The second-order valence-corrected chi connectivity index (χ2v) is 5.37. The second-order valence-electron chi connectivity index (χ2n) is 4.96. The zero-order chi connectivity index (χ0) is 14.7. The first-order chi connectivity index (χ1) is 9.47. The number of rotatable bonds is 4. The molecule has 1 saturated heterocycles. The Hall–Kier alpha value is -1.62. The number of aliphatic carboxylic acids is 1. The number of hydrogen-bond donors (Lipinski definition) is 1. The summed E-state index contributed by atoms with van der Waals surface area (Å²) < 4.78 is 13.0. The van der Waals surface area contributed by atoms with Gasteiger partial charge in [0.25, 0.3) is 5.91 Å². The predicted octanol–water partition coefficient (Wildman–Crippen LogP) is 2.81. The van der Waals surface area contributed by atoms with Gasteiger partial charge in [-0.1, -0.05) is 11.6 Å². The topological polar surface area (TPSA) is 57.6 Å². The summed E-state index contributed by atoms with van der Waals surface area (Å²) in [6.07, 6.45) is 1.47. The average molecular weight is 300 g/mol. The summed E-state index contributed by atoms with van der Waals surface area (Å²) in [5.41, 5.74) is 0.284. The molecule has 1 aliphatic heterocycles. The van der Waals surface area contributed by atoms with Crippen LogP contribution in [0.25, 0.3) is 0 Å². The summed E-state index contributed by atoms with van der Waals surface area (Å²) in [5, 5.41) is 8.76. The summed E-state index contributed by atoms with van der Waals surface area (Å²) in [7, 11) is 0. The Morgan fingerprint density at radius 3 is 2.85 bits per heavy atom. The van der Waals surface area contributed by atoms with Crippen molar-refractivity contribution in [2.75, 3.05) is 13.1 Å². The normalized spacial score (nSPS) is 18.3. The molecule has 0 aliphatic carbocycles. The number of carbonyl (C=O) groups is 2. The van der Waals surface area contributed by atoms with Crippen molar-refractivity contribution in [2.45, 2.75) is 19.3 Å². The van der Waals surface area contributed by atoms with Crippen molar-refractivity contribution in [3.05, 3.63) is 34.6 Å². The molecule has 20 heavy (non-hydrogen) atoms. The Morgan fingerprint density at radius 2 is 2.20 bits per heavy atom. The van der Waals surface area contributed by atoms with E-state index in [9.17, 15) is 14.0 Å². The molecule has 1 aliphatic rings. The van der Waals surface area contributed by atoms with Gasteiger partial charge in [0.1, 0.15) is 5.82 Å². The minimum atomic E-state index is -0.823. The minimum Gasteiger partial charge on any atom is -0.481 e. The van der Waals surface area contributed by atoms with E-state index in [4.69, 9.17) is 16.7 Å². The standard InChI is InChI=1S/C14H15ClFNO3/c15-12-7-10(16)2-3-11(12)14(20)17-6-5-9(8-17)1-4-13(18)19/h2-3,7,9H,1,4-6,8H2,(H,18,19). The van der Waals surface area contributed by atoms with Gasteiger partial charge in [-0.25, -0.2) is 4.39 Å². The average Bonchev–Trinajstić information content (AvgIpc) is 2.84. The summed E-state index contributed by atoms with van der Waals surface area (Å²) in [6, 6.07) is 3.70. The quantitative estimate of drug-likeness (QED) is 0.930. The number of carboxylic acids is 1. The molecule has 4 nitrogen and oxygen atoms in total. The van der Waals surface area contributed by atoms with Gasteiger partial charge in [0.2, 0.25) is 0 Å². The molecule has 0 spiro atoms. The van der Waals surface area contributed by atoms with Gasteiger partial charge in [-0.05, 0) is 37.0 Å². The van der Waals surface area contributed by atoms with Crippen LogP contribution in [0.4, 0.5) is 4.39 Å². The van der Waals surface area contributed by atoms with Gasteiger partial charge < -0.3 is 10.0 Å². The van der Waals surface area contributed by atoms with Crippen molar-refractivity contribution >= 4 is 23.5 Å². The van der Waals surface area contributed by atoms with Crippen molar-refractivity contribution in [3.8, 4) is 0 Å². The molecule has 2 rings (SSSR count). The van der Waals surface area contributed by atoms with Crippen LogP contribution in [0.3, 0.4) is 0 Å². The lowest BCUT2D eigenvalue weighted by molar-refractivity contribution is -0.137. The molecule has 108 valence electrons. The molecule has 1 amide bonds. The maximum atomic E-state index is 13.0. The third-order valence-electron chi connectivity index (χ3n) is 3.50. The fourth-order valence-electron chi connectivity index (χ4n) is 2.41. The van der Waals surface area contributed by atoms with Gasteiger partial charge in [-0.15, -0.1) is 0 Å². The van der Waals surface area contributed by atoms with Gasteiger partial charge in [0.15, 0.2) is 0 Å². The van der Waals surface area contributed by atoms with Gasteiger partial charge >= 0.3 is 5.97 Å². The highest BCUT2D eigenvalue weighted by Gasteiger charge is 2.28. The van der Waals surface area contributed by atoms with Crippen LogP contribution < -0.4 is 0 Å². The molecule has 0 bridgehead atoms. The van der Waals surface area contributed by atoms with Crippen LogP contribution in [0.1, 0.15) is 29.6 Å². The molecule has 1 aromatic carbocycles. The van der Waals surface area contributed by atoms with Gasteiger partial charge in [-0.2, -0.15) is 0 Å². The maximum absolute atomic E-state index is 13.0. The van der Waals surface area contributed by atoms with Crippen molar-refractivity contribution in [3.63, 3.8) is 0 Å². The van der Waals surface area contributed by atoms with Crippen LogP contribution in [0.15, 0.2) is 18.2 Å². The van der Waals surface area contributed by atoms with Gasteiger partial charge in [0.05, 0.1) is 10.6 Å². The zero-order valence-corrected chi connectivity index (χ0v) is 11.6. The SMILES string of the molecule is O=C(O)CCC1CCN(C(=O)c2ccc(F)cc2Cl)C1. The Morgan fingerprint density at radius 1 is 1.45 bits per heavy atom. The Bertz CT molecular complexity index is 535. The van der Waals surface area contributed by atoms with Crippen molar-refractivity contribution in [1.82, 2.24) is 4.90 Å².